The second kappa shape index (κ2) is 19.2. The number of rotatable bonds is 9. The molecule has 1 unspecified atom stereocenters. The molecule has 0 rings (SSSR count). The van der Waals surface area contributed by atoms with Crippen molar-refractivity contribution in [3.63, 3.8) is 0 Å². The van der Waals surface area contributed by atoms with E-state index in [2.05, 4.69) is 9.68 Å². The molecule has 0 spiro atoms. The first-order valence-corrected chi connectivity index (χ1v) is 7.65. The highest BCUT2D eigenvalue weighted by Crippen LogP contribution is 2.33. The lowest BCUT2D eigenvalue weighted by Crippen LogP contribution is -2.43. The Morgan fingerprint density at radius 3 is 1.14 bits per heavy atom. The molecule has 0 aromatic heterocycles. The monoisotopic (exact) mass is 442 g/mol. The molecular formula is C14H26F8O6. The van der Waals surface area contributed by atoms with E-state index in [-0.39, 0.29) is 0 Å². The Kier molecular flexibility index (Phi) is 23.6. The number of hydrogen-bond acceptors (Lipinski definition) is 6. The molecule has 0 aliphatic carbocycles. The molecule has 0 bridgehead atoms. The van der Waals surface area contributed by atoms with Crippen LogP contribution in [0.4, 0.5) is 35.4 Å². The van der Waals surface area contributed by atoms with Gasteiger partial charge in [0, 0.05) is 40.5 Å². The van der Waals surface area contributed by atoms with Crippen LogP contribution in [0.2, 0.25) is 0 Å². The predicted molar refractivity (Wildman–Crippen MR) is 81.3 cm³/mol. The summed E-state index contributed by atoms with van der Waals surface area (Å²) in [6, 6.07) is -3.15. The van der Waals surface area contributed by atoms with Crippen LogP contribution in [0.1, 0.15) is 34.6 Å². The summed E-state index contributed by atoms with van der Waals surface area (Å²) in [5, 5.41) is 0. The van der Waals surface area contributed by atoms with Crippen LogP contribution >= 0.6 is 0 Å². The minimum Gasteiger partial charge on any atom is -0.382 e. The molecule has 0 radical (unpaired) electrons. The maximum absolute atomic E-state index is 12.3. The van der Waals surface area contributed by atoms with Crippen LogP contribution in [0.25, 0.3) is 0 Å². The van der Waals surface area contributed by atoms with Gasteiger partial charge in [0.15, 0.2) is 0 Å². The highest BCUT2D eigenvalue weighted by molar-refractivity contribution is 5.74. The standard InChI is InChI=1S/C4H6F4O2.2C4H10O.C2F4O2/c1-3(5,9-2)4(6,7)10-8;2*1-3-5-4-2;3-1(7)2(4,5)8-6/h1-2H3;2*3-4H2,1-2H3;. The molecule has 0 N–H and O–H groups in total. The van der Waals surface area contributed by atoms with E-state index in [4.69, 9.17) is 14.3 Å². The first-order chi connectivity index (χ1) is 12.7. The van der Waals surface area contributed by atoms with Crippen molar-refractivity contribution in [2.75, 3.05) is 33.5 Å². The fraction of sp³-hybridized carbons (Fsp3) is 0.929. The molecule has 0 heterocycles. The van der Waals surface area contributed by atoms with Crippen molar-refractivity contribution in [2.45, 2.75) is 52.7 Å². The van der Waals surface area contributed by atoms with Crippen LogP contribution in [0, 0.1) is 0 Å². The van der Waals surface area contributed by atoms with Gasteiger partial charge in [0.2, 0.25) is 0 Å². The number of carbonyl (C=O) groups is 1. The zero-order chi connectivity index (χ0) is 23.4. The first-order valence-electron chi connectivity index (χ1n) is 7.65. The van der Waals surface area contributed by atoms with Crippen LogP contribution in [0.3, 0.4) is 0 Å². The Morgan fingerprint density at radius 2 is 1.11 bits per heavy atom. The van der Waals surface area contributed by atoms with Gasteiger partial charge in [-0.1, -0.05) is 0 Å². The van der Waals surface area contributed by atoms with E-state index < -0.39 is 24.1 Å². The summed E-state index contributed by atoms with van der Waals surface area (Å²) < 4.78 is 103. The number of halogens is 8. The lowest BCUT2D eigenvalue weighted by Gasteiger charge is -2.23. The summed E-state index contributed by atoms with van der Waals surface area (Å²) in [5.41, 5.74) is 0. The maximum Gasteiger partial charge on any atom is 0.478 e. The quantitative estimate of drug-likeness (QED) is 0.375. The van der Waals surface area contributed by atoms with Crippen molar-refractivity contribution < 1.29 is 64.3 Å². The second-order valence-corrected chi connectivity index (χ2v) is 4.15. The normalized spacial score (nSPS) is 12.9. The number of carbonyl (C=O) groups excluding carboxylic acids is 1. The molecule has 0 aliphatic heterocycles. The Bertz CT molecular complexity index is 335. The smallest absolute Gasteiger partial charge is 0.382 e. The van der Waals surface area contributed by atoms with Crippen LogP contribution < -0.4 is 0 Å². The van der Waals surface area contributed by atoms with Gasteiger partial charge in [0.05, 0.1) is 0 Å². The van der Waals surface area contributed by atoms with E-state index in [1.807, 2.05) is 27.7 Å². The van der Waals surface area contributed by atoms with Gasteiger partial charge in [-0.05, 0) is 36.7 Å². The van der Waals surface area contributed by atoms with Gasteiger partial charge in [-0.2, -0.15) is 22.0 Å². The third kappa shape index (κ3) is 19.7. The minimum absolute atomic E-state index is 0.354. The molecule has 0 fully saturated rings. The minimum atomic E-state index is -4.93. The summed E-state index contributed by atoms with van der Waals surface area (Å²) in [6.07, 6.45) is -9.50. The third-order valence-corrected chi connectivity index (χ3v) is 2.14. The topological polar surface area (TPSA) is 63.2 Å². The molecule has 0 saturated carbocycles. The van der Waals surface area contributed by atoms with Gasteiger partial charge in [0.25, 0.3) is 0 Å². The summed E-state index contributed by atoms with van der Waals surface area (Å²) in [7, 11) is 0.674. The van der Waals surface area contributed by atoms with Crippen molar-refractivity contribution in [3.05, 3.63) is 0 Å². The van der Waals surface area contributed by atoms with Gasteiger partial charge < -0.3 is 14.2 Å². The zero-order valence-corrected chi connectivity index (χ0v) is 16.3. The molecule has 0 amide bonds. The van der Waals surface area contributed by atoms with E-state index >= 15 is 0 Å². The van der Waals surface area contributed by atoms with Crippen molar-refractivity contribution in [1.29, 1.82) is 0 Å². The van der Waals surface area contributed by atoms with E-state index in [0.717, 1.165) is 26.4 Å². The van der Waals surface area contributed by atoms with E-state index in [9.17, 15) is 35.4 Å². The number of methoxy groups -OCH3 is 1. The summed E-state index contributed by atoms with van der Waals surface area (Å²) >= 11 is 0. The van der Waals surface area contributed by atoms with Crippen LogP contribution in [-0.2, 0) is 28.9 Å². The third-order valence-electron chi connectivity index (χ3n) is 2.14. The Hall–Kier alpha value is -1.09. The molecular weight excluding hydrogens is 416 g/mol. The molecule has 28 heavy (non-hydrogen) atoms. The highest BCUT2D eigenvalue weighted by atomic mass is 19.4. The Labute approximate surface area is 157 Å². The molecule has 0 aliphatic rings. The summed E-state index contributed by atoms with van der Waals surface area (Å²) in [4.78, 5) is 12.6. The van der Waals surface area contributed by atoms with Crippen LogP contribution in [-0.4, -0.2) is 57.6 Å². The van der Waals surface area contributed by atoms with Gasteiger partial charge >= 0.3 is 24.1 Å². The lowest BCUT2D eigenvalue weighted by atomic mass is 10.3. The van der Waals surface area contributed by atoms with Crippen molar-refractivity contribution in [3.8, 4) is 0 Å². The van der Waals surface area contributed by atoms with Crippen LogP contribution in [0.5, 0.6) is 0 Å². The zero-order valence-electron chi connectivity index (χ0n) is 16.3. The summed E-state index contributed by atoms with van der Waals surface area (Å²) in [6.45, 7) is 11.7. The van der Waals surface area contributed by atoms with E-state index in [1.165, 1.54) is 0 Å². The molecule has 174 valence electrons. The lowest BCUT2D eigenvalue weighted by molar-refractivity contribution is -0.438. The maximum atomic E-state index is 12.3. The Balaban J connectivity index is -0.000000144. The van der Waals surface area contributed by atoms with E-state index in [1.54, 1.807) is 4.94 Å². The molecule has 14 heteroatoms. The molecule has 0 aromatic carbocycles. The average molecular weight is 442 g/mol. The average Bonchev–Trinajstić information content (AvgIpc) is 2.64. The van der Waals surface area contributed by atoms with Crippen molar-refractivity contribution >= 4 is 6.04 Å². The molecule has 1 atom stereocenters. The predicted octanol–water partition coefficient (Wildman–Crippen LogP) is 4.87. The Morgan fingerprint density at radius 1 is 0.786 bits per heavy atom. The van der Waals surface area contributed by atoms with Crippen molar-refractivity contribution in [1.82, 2.24) is 0 Å². The SMILES string of the molecule is CCOCC.CCOCC.COC(C)(F)C(F)(F)OF.O=C(F)C(F)(F)OF. The number of hydrogen-bond donors (Lipinski definition) is 0. The first kappa shape index (κ1) is 34.4. The fourth-order valence-electron chi connectivity index (χ4n) is 0.626. The molecule has 0 saturated heterocycles. The highest BCUT2D eigenvalue weighted by Gasteiger charge is 2.55. The summed E-state index contributed by atoms with van der Waals surface area (Å²) in [5.74, 6) is -3.44. The number of alkyl halides is 5. The molecule has 6 nitrogen and oxygen atoms in total. The van der Waals surface area contributed by atoms with Crippen LogP contribution in [0.15, 0.2) is 0 Å². The van der Waals surface area contributed by atoms with Gasteiger partial charge in [-0.25, -0.2) is 4.39 Å². The largest absolute Gasteiger partial charge is 0.478 e. The van der Waals surface area contributed by atoms with Gasteiger partial charge in [-0.3, -0.25) is 4.79 Å². The van der Waals surface area contributed by atoms with Gasteiger partial charge in [0.1, 0.15) is 0 Å². The second-order valence-electron chi connectivity index (χ2n) is 4.15. The van der Waals surface area contributed by atoms with E-state index in [0.29, 0.717) is 14.0 Å². The van der Waals surface area contributed by atoms with Crippen molar-refractivity contribution in [2.24, 2.45) is 0 Å². The fourth-order valence-corrected chi connectivity index (χ4v) is 0.626. The van der Waals surface area contributed by atoms with Gasteiger partial charge in [-0.15, -0.1) is 9.88 Å². The molecule has 0 aromatic rings. The number of ether oxygens (including phenoxy) is 3.